The van der Waals surface area contributed by atoms with Gasteiger partial charge in [-0.05, 0) is 19.1 Å². The van der Waals surface area contributed by atoms with Gasteiger partial charge in [0.2, 0.25) is 11.8 Å². The smallest absolute Gasteiger partial charge is 0.356 e. The third kappa shape index (κ3) is 7.40. The van der Waals surface area contributed by atoms with Crippen molar-refractivity contribution in [1.29, 1.82) is 0 Å². The zero-order valence-corrected chi connectivity index (χ0v) is 16.1. The van der Waals surface area contributed by atoms with Crippen LogP contribution in [0.25, 0.3) is 0 Å². The van der Waals surface area contributed by atoms with Gasteiger partial charge < -0.3 is 18.9 Å². The lowest BCUT2D eigenvalue weighted by atomic mass is 10.2. The number of methoxy groups -OCH3 is 3. The largest absolute Gasteiger partial charge is 0.481 e. The van der Waals surface area contributed by atoms with Gasteiger partial charge in [-0.15, -0.1) is 0 Å². The molecule has 0 atom stereocenters. The molecular weight excluding hydrogens is 368 g/mol. The summed E-state index contributed by atoms with van der Waals surface area (Å²) in [6.07, 6.45) is -0.298. The number of rotatable bonds is 7. The van der Waals surface area contributed by atoms with Crippen LogP contribution in [0.15, 0.2) is 36.4 Å². The fourth-order valence-corrected chi connectivity index (χ4v) is 1.86. The second kappa shape index (κ2) is 12.0. The zero-order valence-electron chi connectivity index (χ0n) is 16.1. The quantitative estimate of drug-likeness (QED) is 0.398. The molecular formula is C19H22N2O7. The van der Waals surface area contributed by atoms with Crippen molar-refractivity contribution in [2.45, 2.75) is 13.3 Å². The summed E-state index contributed by atoms with van der Waals surface area (Å²) in [5.74, 6) is -0.643. The molecule has 2 aromatic heterocycles. The van der Waals surface area contributed by atoms with E-state index in [1.807, 2.05) is 0 Å². The van der Waals surface area contributed by atoms with Gasteiger partial charge in [-0.25, -0.2) is 14.8 Å². The number of esters is 2. The molecule has 150 valence electrons. The number of carbonyl (C=O) groups is 3. The number of aromatic nitrogens is 2. The zero-order chi connectivity index (χ0) is 20.9. The van der Waals surface area contributed by atoms with E-state index in [0.717, 1.165) is 0 Å². The normalized spacial score (nSPS) is 9.43. The molecule has 0 aliphatic carbocycles. The van der Waals surface area contributed by atoms with Crippen molar-refractivity contribution in [2.24, 2.45) is 0 Å². The van der Waals surface area contributed by atoms with Crippen LogP contribution in [0.2, 0.25) is 0 Å². The monoisotopic (exact) mass is 390 g/mol. The Morgan fingerprint density at radius 2 is 1.39 bits per heavy atom. The summed E-state index contributed by atoms with van der Waals surface area (Å²) in [7, 11) is 4.26. The molecule has 0 N–H and O–H groups in total. The van der Waals surface area contributed by atoms with Gasteiger partial charge in [0.15, 0.2) is 11.5 Å². The van der Waals surface area contributed by atoms with Gasteiger partial charge in [0.25, 0.3) is 0 Å². The van der Waals surface area contributed by atoms with E-state index in [-0.39, 0.29) is 30.2 Å². The van der Waals surface area contributed by atoms with Crippen molar-refractivity contribution < 1.29 is 33.3 Å². The summed E-state index contributed by atoms with van der Waals surface area (Å²) < 4.78 is 18.9. The van der Waals surface area contributed by atoms with E-state index in [1.54, 1.807) is 37.3 Å². The third-order valence-corrected chi connectivity index (χ3v) is 3.16. The van der Waals surface area contributed by atoms with Crippen LogP contribution in [0.3, 0.4) is 0 Å². The highest BCUT2D eigenvalue weighted by molar-refractivity contribution is 6.04. The standard InChI is InChI=1S/C11H13NO4.C8H9NO3/c1-3-16-11(14)7-9(13)8-5-4-6-10(12-8)15-2;1-11-7-5-3-4-6(9-7)8(10)12-2/h4-6H,3,7H2,1-2H3;3-5H,1-2H3. The fourth-order valence-electron chi connectivity index (χ4n) is 1.86. The van der Waals surface area contributed by atoms with Crippen LogP contribution in [-0.2, 0) is 14.3 Å². The lowest BCUT2D eigenvalue weighted by molar-refractivity contribution is -0.141. The van der Waals surface area contributed by atoms with Gasteiger partial charge in [0, 0.05) is 12.1 Å². The SMILES string of the molecule is CCOC(=O)CC(=O)c1cccc(OC)n1.COC(=O)c1cccc(OC)n1. The van der Waals surface area contributed by atoms with Crippen LogP contribution in [0.1, 0.15) is 34.3 Å². The molecule has 28 heavy (non-hydrogen) atoms. The lowest BCUT2D eigenvalue weighted by Gasteiger charge is -2.02. The van der Waals surface area contributed by atoms with Gasteiger partial charge >= 0.3 is 11.9 Å². The highest BCUT2D eigenvalue weighted by atomic mass is 16.5. The maximum Gasteiger partial charge on any atom is 0.356 e. The second-order valence-corrected chi connectivity index (χ2v) is 5.03. The molecule has 9 heteroatoms. The van der Waals surface area contributed by atoms with Gasteiger partial charge in [-0.3, -0.25) is 9.59 Å². The van der Waals surface area contributed by atoms with Crippen LogP contribution >= 0.6 is 0 Å². The number of hydrogen-bond acceptors (Lipinski definition) is 9. The number of carbonyl (C=O) groups excluding carboxylic acids is 3. The van der Waals surface area contributed by atoms with Gasteiger partial charge in [0.05, 0.1) is 27.9 Å². The minimum Gasteiger partial charge on any atom is -0.481 e. The average molecular weight is 390 g/mol. The Morgan fingerprint density at radius 3 is 1.89 bits per heavy atom. The molecule has 0 saturated carbocycles. The van der Waals surface area contributed by atoms with Crippen molar-refractivity contribution in [3.8, 4) is 11.8 Å². The maximum absolute atomic E-state index is 11.6. The molecule has 0 amide bonds. The third-order valence-electron chi connectivity index (χ3n) is 3.16. The summed E-state index contributed by atoms with van der Waals surface area (Å²) in [6.45, 7) is 1.95. The number of ether oxygens (including phenoxy) is 4. The first-order valence-electron chi connectivity index (χ1n) is 8.24. The van der Waals surface area contributed by atoms with Gasteiger partial charge in [0.1, 0.15) is 12.1 Å². The molecule has 0 fully saturated rings. The van der Waals surface area contributed by atoms with Gasteiger partial charge in [-0.2, -0.15) is 0 Å². The summed E-state index contributed by atoms with van der Waals surface area (Å²) in [6, 6.07) is 9.70. The van der Waals surface area contributed by atoms with Crippen molar-refractivity contribution in [2.75, 3.05) is 27.9 Å². The minimum absolute atomic E-state index is 0.201. The van der Waals surface area contributed by atoms with Crippen molar-refractivity contribution in [1.82, 2.24) is 9.97 Å². The minimum atomic E-state index is -0.544. The number of ketones is 1. The molecule has 0 spiro atoms. The topological polar surface area (TPSA) is 114 Å². The number of pyridine rings is 2. The molecule has 2 aromatic rings. The van der Waals surface area contributed by atoms with E-state index in [4.69, 9.17) is 9.47 Å². The Hall–Kier alpha value is -3.49. The molecule has 2 heterocycles. The lowest BCUT2D eigenvalue weighted by Crippen LogP contribution is -2.12. The molecule has 9 nitrogen and oxygen atoms in total. The summed E-state index contributed by atoms with van der Waals surface area (Å²) >= 11 is 0. The van der Waals surface area contributed by atoms with E-state index < -0.39 is 11.9 Å². The molecule has 2 rings (SSSR count). The number of Topliss-reactive ketones (excluding diaryl/α,β-unsaturated/α-hetero) is 1. The van der Waals surface area contributed by atoms with Crippen molar-refractivity contribution in [3.63, 3.8) is 0 Å². The van der Waals surface area contributed by atoms with Crippen LogP contribution < -0.4 is 9.47 Å². The van der Waals surface area contributed by atoms with Crippen molar-refractivity contribution >= 4 is 17.7 Å². The Kier molecular flexibility index (Phi) is 9.66. The van der Waals surface area contributed by atoms with E-state index in [0.29, 0.717) is 11.8 Å². The summed E-state index contributed by atoms with van der Waals surface area (Å²) in [5.41, 5.74) is 0.448. The number of hydrogen-bond donors (Lipinski definition) is 0. The van der Waals surface area contributed by atoms with E-state index >= 15 is 0 Å². The summed E-state index contributed by atoms with van der Waals surface area (Å²) in [5, 5.41) is 0. The summed E-state index contributed by atoms with van der Waals surface area (Å²) in [4.78, 5) is 41.4. The first-order valence-corrected chi connectivity index (χ1v) is 8.24. The Labute approximate surface area is 162 Å². The van der Waals surface area contributed by atoms with E-state index in [1.165, 1.54) is 27.4 Å². The predicted molar refractivity (Wildman–Crippen MR) is 98.5 cm³/mol. The van der Waals surface area contributed by atoms with Crippen molar-refractivity contribution in [3.05, 3.63) is 47.8 Å². The molecule has 0 unspecified atom stereocenters. The number of nitrogens with zero attached hydrogens (tertiary/aromatic N) is 2. The molecule has 0 radical (unpaired) electrons. The first-order chi connectivity index (χ1) is 13.4. The maximum atomic E-state index is 11.6. The molecule has 0 aliphatic heterocycles. The second-order valence-electron chi connectivity index (χ2n) is 5.03. The highest BCUT2D eigenvalue weighted by Gasteiger charge is 2.14. The molecule has 0 saturated heterocycles. The van der Waals surface area contributed by atoms with E-state index in [2.05, 4.69) is 19.4 Å². The van der Waals surface area contributed by atoms with Crippen LogP contribution in [0.5, 0.6) is 11.8 Å². The average Bonchev–Trinajstić information content (AvgIpc) is 2.73. The Bertz CT molecular complexity index is 808. The van der Waals surface area contributed by atoms with Crippen LogP contribution in [0, 0.1) is 0 Å². The fraction of sp³-hybridized carbons (Fsp3) is 0.316. The predicted octanol–water partition coefficient (Wildman–Crippen LogP) is 2.10. The molecule has 0 aliphatic rings. The Balaban J connectivity index is 0.000000292. The van der Waals surface area contributed by atoms with Gasteiger partial charge in [-0.1, -0.05) is 12.1 Å². The molecule has 0 aromatic carbocycles. The first kappa shape index (κ1) is 22.6. The Morgan fingerprint density at radius 1 is 0.857 bits per heavy atom. The molecule has 0 bridgehead atoms. The van der Waals surface area contributed by atoms with E-state index in [9.17, 15) is 14.4 Å². The van der Waals surface area contributed by atoms with Crippen LogP contribution in [-0.4, -0.2) is 55.6 Å². The van der Waals surface area contributed by atoms with Crippen LogP contribution in [0.4, 0.5) is 0 Å². The highest BCUT2D eigenvalue weighted by Crippen LogP contribution is 2.09.